The number of hydrogen-bond donors (Lipinski definition) is 1. The van der Waals surface area contributed by atoms with Crippen molar-refractivity contribution in [1.29, 1.82) is 0 Å². The number of hydrogen-bond acceptors (Lipinski definition) is 2. The van der Waals surface area contributed by atoms with Crippen LogP contribution in [0.1, 0.15) is 40.4 Å². The van der Waals surface area contributed by atoms with E-state index < -0.39 is 5.82 Å². The number of benzene rings is 2. The molecule has 1 saturated heterocycles. The topological polar surface area (TPSA) is 40.5 Å². The van der Waals surface area contributed by atoms with E-state index >= 15 is 0 Å². The molecular formula is C20H22FNO2. The molecule has 126 valence electrons. The van der Waals surface area contributed by atoms with Gasteiger partial charge in [0.1, 0.15) is 5.82 Å². The summed E-state index contributed by atoms with van der Waals surface area (Å²) in [6.07, 6.45) is 1.67. The zero-order valence-corrected chi connectivity index (χ0v) is 13.8. The zero-order valence-electron chi connectivity index (χ0n) is 13.8. The minimum Gasteiger partial charge on any atom is -0.396 e. The molecule has 2 aromatic carbocycles. The Labute approximate surface area is 141 Å². The summed E-state index contributed by atoms with van der Waals surface area (Å²) in [6, 6.07) is 14.2. The number of aliphatic hydroxyl groups is 1. The van der Waals surface area contributed by atoms with Gasteiger partial charge < -0.3 is 10.0 Å². The summed E-state index contributed by atoms with van der Waals surface area (Å²) in [5.41, 5.74) is 1.76. The lowest BCUT2D eigenvalue weighted by Gasteiger charge is -2.41. The van der Waals surface area contributed by atoms with E-state index in [2.05, 4.69) is 0 Å². The maximum absolute atomic E-state index is 14.3. The predicted molar refractivity (Wildman–Crippen MR) is 91.2 cm³/mol. The minimum atomic E-state index is -0.488. The van der Waals surface area contributed by atoms with Crippen molar-refractivity contribution in [2.24, 2.45) is 5.92 Å². The van der Waals surface area contributed by atoms with Crippen molar-refractivity contribution >= 4 is 5.91 Å². The van der Waals surface area contributed by atoms with Gasteiger partial charge in [-0.05, 0) is 37.0 Å². The van der Waals surface area contributed by atoms with Crippen LogP contribution in [0.5, 0.6) is 0 Å². The summed E-state index contributed by atoms with van der Waals surface area (Å²) >= 11 is 0. The second kappa shape index (κ2) is 7.14. The summed E-state index contributed by atoms with van der Waals surface area (Å²) in [4.78, 5) is 14.8. The maximum atomic E-state index is 14.3. The molecule has 2 atom stereocenters. The van der Waals surface area contributed by atoms with Crippen LogP contribution in [-0.4, -0.2) is 29.1 Å². The fourth-order valence-electron chi connectivity index (χ4n) is 3.64. The van der Waals surface area contributed by atoms with Crippen LogP contribution in [0.15, 0.2) is 48.5 Å². The molecule has 0 spiro atoms. The molecule has 1 amide bonds. The molecule has 1 N–H and O–H groups in total. The summed E-state index contributed by atoms with van der Waals surface area (Å²) in [7, 11) is 0. The predicted octanol–water partition coefficient (Wildman–Crippen LogP) is 3.72. The molecule has 4 heteroatoms. The van der Waals surface area contributed by atoms with E-state index in [1.807, 2.05) is 30.3 Å². The smallest absolute Gasteiger partial charge is 0.257 e. The van der Waals surface area contributed by atoms with Gasteiger partial charge >= 0.3 is 0 Å². The quantitative estimate of drug-likeness (QED) is 0.933. The van der Waals surface area contributed by atoms with Crippen LogP contribution in [0.3, 0.4) is 0 Å². The Bertz CT molecular complexity index is 697. The number of carbonyl (C=O) groups excluding carboxylic acids is 1. The van der Waals surface area contributed by atoms with Crippen LogP contribution >= 0.6 is 0 Å². The third kappa shape index (κ3) is 3.06. The monoisotopic (exact) mass is 327 g/mol. The van der Waals surface area contributed by atoms with Crippen LogP contribution in [-0.2, 0) is 0 Å². The van der Waals surface area contributed by atoms with Crippen molar-refractivity contribution in [2.45, 2.75) is 25.8 Å². The van der Waals surface area contributed by atoms with Gasteiger partial charge in [-0.2, -0.15) is 0 Å². The van der Waals surface area contributed by atoms with E-state index in [0.717, 1.165) is 18.4 Å². The summed E-state index contributed by atoms with van der Waals surface area (Å²) < 4.78 is 14.3. The van der Waals surface area contributed by atoms with E-state index in [0.29, 0.717) is 12.1 Å². The number of carbonyl (C=O) groups is 1. The van der Waals surface area contributed by atoms with Gasteiger partial charge in [0.05, 0.1) is 11.6 Å². The number of aliphatic hydroxyl groups excluding tert-OH is 1. The average molecular weight is 327 g/mol. The fourth-order valence-corrected chi connectivity index (χ4v) is 3.64. The lowest BCUT2D eigenvalue weighted by Crippen LogP contribution is -2.44. The van der Waals surface area contributed by atoms with Crippen molar-refractivity contribution in [1.82, 2.24) is 4.90 Å². The van der Waals surface area contributed by atoms with Crippen LogP contribution in [0.25, 0.3) is 0 Å². The molecule has 0 radical (unpaired) electrons. The molecule has 3 nitrogen and oxygen atoms in total. The van der Waals surface area contributed by atoms with Crippen molar-refractivity contribution in [2.75, 3.05) is 13.2 Å². The molecule has 0 bridgehead atoms. The summed E-state index contributed by atoms with van der Waals surface area (Å²) in [6.45, 7) is 2.34. The van der Waals surface area contributed by atoms with Crippen LogP contribution < -0.4 is 0 Å². The van der Waals surface area contributed by atoms with Gasteiger partial charge in [-0.25, -0.2) is 4.39 Å². The Balaban J connectivity index is 2.02. The Kier molecular flexibility index (Phi) is 4.95. The Morgan fingerprint density at radius 2 is 1.96 bits per heavy atom. The van der Waals surface area contributed by atoms with Gasteiger partial charge in [0.15, 0.2) is 0 Å². The molecule has 1 fully saturated rings. The molecule has 2 unspecified atom stereocenters. The minimum absolute atomic E-state index is 0.0135. The van der Waals surface area contributed by atoms with Gasteiger partial charge in [-0.15, -0.1) is 0 Å². The van der Waals surface area contributed by atoms with E-state index in [1.54, 1.807) is 24.0 Å². The summed E-state index contributed by atoms with van der Waals surface area (Å²) in [5, 5.41) is 9.79. The molecule has 2 aromatic rings. The Morgan fingerprint density at radius 1 is 1.21 bits per heavy atom. The first-order valence-corrected chi connectivity index (χ1v) is 8.35. The molecule has 1 aliphatic rings. The van der Waals surface area contributed by atoms with E-state index in [1.165, 1.54) is 6.07 Å². The first-order valence-electron chi connectivity index (χ1n) is 8.35. The van der Waals surface area contributed by atoms with Crippen LogP contribution in [0.4, 0.5) is 4.39 Å². The van der Waals surface area contributed by atoms with E-state index in [4.69, 9.17) is 0 Å². The molecule has 3 rings (SSSR count). The van der Waals surface area contributed by atoms with Gasteiger partial charge in [0, 0.05) is 19.1 Å². The lowest BCUT2D eigenvalue weighted by molar-refractivity contribution is 0.0371. The van der Waals surface area contributed by atoms with E-state index in [-0.39, 0.29) is 30.0 Å². The Morgan fingerprint density at radius 3 is 2.62 bits per heavy atom. The second-order valence-corrected chi connectivity index (χ2v) is 6.37. The number of halogens is 1. The highest BCUT2D eigenvalue weighted by Crippen LogP contribution is 2.37. The maximum Gasteiger partial charge on any atom is 0.257 e. The van der Waals surface area contributed by atoms with Crippen molar-refractivity contribution < 1.29 is 14.3 Å². The lowest BCUT2D eigenvalue weighted by atomic mass is 9.84. The Hall–Kier alpha value is -2.20. The zero-order chi connectivity index (χ0) is 17.1. The highest BCUT2D eigenvalue weighted by Gasteiger charge is 2.36. The summed E-state index contributed by atoms with van der Waals surface area (Å²) in [5.74, 6) is -0.812. The van der Waals surface area contributed by atoms with Crippen LogP contribution in [0.2, 0.25) is 0 Å². The van der Waals surface area contributed by atoms with Gasteiger partial charge in [0.25, 0.3) is 5.91 Å². The largest absolute Gasteiger partial charge is 0.396 e. The number of amides is 1. The standard InChI is InChI=1S/C20H22FNO2/c1-14-7-5-11-17(21)18(14)20(24)22-12-6-10-16(13-23)19(22)15-8-3-2-4-9-15/h2-5,7-9,11,16,19,23H,6,10,12-13H2,1H3. The third-order valence-electron chi connectivity index (χ3n) is 4.83. The molecule has 0 saturated carbocycles. The first kappa shape index (κ1) is 16.7. The molecule has 1 heterocycles. The van der Waals surface area contributed by atoms with Gasteiger partial charge in [-0.1, -0.05) is 42.5 Å². The SMILES string of the molecule is Cc1cccc(F)c1C(=O)N1CCCC(CO)C1c1ccccc1. The number of likely N-dealkylation sites (tertiary alicyclic amines) is 1. The van der Waals surface area contributed by atoms with Crippen molar-refractivity contribution in [3.63, 3.8) is 0 Å². The van der Waals surface area contributed by atoms with Crippen LogP contribution in [0, 0.1) is 18.7 Å². The first-order chi connectivity index (χ1) is 11.6. The molecular weight excluding hydrogens is 305 g/mol. The van der Waals surface area contributed by atoms with Gasteiger partial charge in [0.2, 0.25) is 0 Å². The molecule has 0 aromatic heterocycles. The fraction of sp³-hybridized carbons (Fsp3) is 0.350. The van der Waals surface area contributed by atoms with Crippen molar-refractivity contribution in [3.05, 3.63) is 71.0 Å². The molecule has 1 aliphatic heterocycles. The second-order valence-electron chi connectivity index (χ2n) is 6.37. The average Bonchev–Trinajstić information content (AvgIpc) is 2.61. The highest BCUT2D eigenvalue weighted by molar-refractivity contribution is 5.96. The third-order valence-corrected chi connectivity index (χ3v) is 4.83. The highest BCUT2D eigenvalue weighted by atomic mass is 19.1. The van der Waals surface area contributed by atoms with Gasteiger partial charge in [-0.3, -0.25) is 4.79 Å². The number of aryl methyl sites for hydroxylation is 1. The molecule has 0 aliphatic carbocycles. The number of piperidine rings is 1. The normalized spacial score (nSPS) is 20.9. The molecule has 24 heavy (non-hydrogen) atoms. The van der Waals surface area contributed by atoms with Crippen molar-refractivity contribution in [3.8, 4) is 0 Å². The number of nitrogens with zero attached hydrogens (tertiary/aromatic N) is 1. The van der Waals surface area contributed by atoms with E-state index in [9.17, 15) is 14.3 Å². The number of rotatable bonds is 3.